The molecular weight excluding hydrogens is 341 g/mol. The molecule has 2 aromatic carbocycles. The molecule has 0 radical (unpaired) electrons. The van der Waals surface area contributed by atoms with E-state index in [0.29, 0.717) is 10.7 Å². The second kappa shape index (κ2) is 7.55. The molecule has 2 rings (SSSR count). The zero-order valence-electron chi connectivity index (χ0n) is 12.2. The highest BCUT2D eigenvalue weighted by Crippen LogP contribution is 2.32. The Bertz CT molecular complexity index is 693. The Morgan fingerprint density at radius 2 is 1.65 bits per heavy atom. The second-order valence-corrected chi connectivity index (χ2v) is 5.64. The summed E-state index contributed by atoms with van der Waals surface area (Å²) in [7, 11) is 0. The lowest BCUT2D eigenvalue weighted by molar-refractivity contribution is -0.142. The molecule has 0 aromatic heterocycles. The number of benzene rings is 2. The molecule has 7 heteroatoms. The van der Waals surface area contributed by atoms with Crippen LogP contribution in [-0.4, -0.2) is 28.3 Å². The van der Waals surface area contributed by atoms with Crippen LogP contribution in [0.5, 0.6) is 5.75 Å². The molecule has 0 bridgehead atoms. The van der Waals surface area contributed by atoms with Crippen LogP contribution in [-0.2, 0) is 4.79 Å². The molecule has 23 heavy (non-hydrogen) atoms. The summed E-state index contributed by atoms with van der Waals surface area (Å²) in [6.07, 6.45) is -1.22. The van der Waals surface area contributed by atoms with Crippen molar-refractivity contribution in [1.82, 2.24) is 0 Å². The molecule has 0 spiro atoms. The maximum absolute atomic E-state index is 11.6. The normalized spacial score (nSPS) is 13.2. The average molecular weight is 356 g/mol. The van der Waals surface area contributed by atoms with Crippen molar-refractivity contribution in [2.24, 2.45) is 0 Å². The third-order valence-electron chi connectivity index (χ3n) is 3.09. The third kappa shape index (κ3) is 4.07. The number of aliphatic hydroxyl groups is 1. The molecule has 0 aliphatic heterocycles. The van der Waals surface area contributed by atoms with Gasteiger partial charge in [0, 0.05) is 0 Å². The first-order valence-corrected chi connectivity index (χ1v) is 7.54. The number of aliphatic hydroxyl groups excluding tert-OH is 1. The van der Waals surface area contributed by atoms with Gasteiger partial charge < -0.3 is 15.1 Å². The minimum absolute atomic E-state index is 0.251. The third-order valence-corrected chi connectivity index (χ3v) is 3.72. The molecule has 0 saturated heterocycles. The fourth-order valence-corrected chi connectivity index (χ4v) is 2.40. The predicted octanol–water partition coefficient (Wildman–Crippen LogP) is 3.63. The van der Waals surface area contributed by atoms with Crippen molar-refractivity contribution in [1.29, 1.82) is 0 Å². The van der Waals surface area contributed by atoms with E-state index in [9.17, 15) is 15.0 Å². The molecule has 0 unspecified atom stereocenters. The smallest absolute Gasteiger partial charge is 0.332 e. The Morgan fingerprint density at radius 1 is 1.09 bits per heavy atom. The number of hydrogen-bond donors (Lipinski definition) is 2. The molecule has 2 aromatic rings. The van der Waals surface area contributed by atoms with Crippen LogP contribution in [0, 0.1) is 0 Å². The summed E-state index contributed by atoms with van der Waals surface area (Å²) >= 11 is 12.2. The van der Waals surface area contributed by atoms with Gasteiger partial charge in [-0.25, -0.2) is 4.79 Å². The predicted molar refractivity (Wildman–Crippen MR) is 89.1 cm³/mol. The zero-order valence-corrected chi connectivity index (χ0v) is 13.7. The number of nitrogens with zero attached hydrogens (tertiary/aromatic N) is 1. The standard InChI is InChI=1S/C16H15Cl2NO4/c1-10(20)15(16(21)22)19(13-8-4-2-6-11(13)17)23-14-9-5-3-7-12(14)18/h2-10,15,20H,1H3,(H,21,22)/t10-,15+/m1/s1. The minimum atomic E-state index is -1.37. The van der Waals surface area contributed by atoms with E-state index in [1.807, 2.05) is 0 Å². The average Bonchev–Trinajstić information content (AvgIpc) is 2.48. The number of hydrogen-bond acceptors (Lipinski definition) is 4. The summed E-state index contributed by atoms with van der Waals surface area (Å²) in [4.78, 5) is 17.3. The van der Waals surface area contributed by atoms with E-state index in [2.05, 4.69) is 0 Å². The van der Waals surface area contributed by atoms with Crippen molar-refractivity contribution < 1.29 is 19.8 Å². The lowest BCUT2D eigenvalue weighted by atomic mass is 10.1. The van der Waals surface area contributed by atoms with Crippen molar-refractivity contribution in [3.8, 4) is 5.75 Å². The first-order chi connectivity index (χ1) is 10.9. The first kappa shape index (κ1) is 17.4. The van der Waals surface area contributed by atoms with Gasteiger partial charge in [-0.3, -0.25) is 0 Å². The monoisotopic (exact) mass is 355 g/mol. The maximum Gasteiger partial charge on any atom is 0.332 e. The summed E-state index contributed by atoms with van der Waals surface area (Å²) in [5, 5.41) is 21.0. The summed E-state index contributed by atoms with van der Waals surface area (Å²) < 4.78 is 0. The Balaban J connectivity index is 2.49. The number of rotatable bonds is 6. The molecule has 0 heterocycles. The van der Waals surface area contributed by atoms with E-state index < -0.39 is 18.1 Å². The number of hydroxylamine groups is 1. The van der Waals surface area contributed by atoms with E-state index >= 15 is 0 Å². The van der Waals surface area contributed by atoms with Gasteiger partial charge in [0.1, 0.15) is 0 Å². The summed E-state index contributed by atoms with van der Waals surface area (Å²) in [6.45, 7) is 1.36. The maximum atomic E-state index is 11.6. The summed E-state index contributed by atoms with van der Waals surface area (Å²) in [5.74, 6) is -1.01. The highest BCUT2D eigenvalue weighted by molar-refractivity contribution is 6.33. The van der Waals surface area contributed by atoms with Gasteiger partial charge in [0.05, 0.1) is 21.8 Å². The largest absolute Gasteiger partial charge is 0.480 e. The molecule has 0 saturated carbocycles. The van der Waals surface area contributed by atoms with Gasteiger partial charge in [-0.2, -0.15) is 5.06 Å². The number of para-hydroxylation sites is 2. The molecule has 2 N–H and O–H groups in total. The highest BCUT2D eigenvalue weighted by atomic mass is 35.5. The summed E-state index contributed by atoms with van der Waals surface area (Å²) in [5.41, 5.74) is 0.308. The number of anilines is 1. The fourth-order valence-electron chi connectivity index (χ4n) is 2.01. The molecular formula is C16H15Cl2NO4. The molecule has 0 amide bonds. The number of halogens is 2. The SMILES string of the molecule is C[C@@H](O)[C@@H](C(=O)O)N(Oc1ccccc1Cl)c1ccccc1Cl. The Hall–Kier alpha value is -1.95. The number of carbonyl (C=O) groups is 1. The molecule has 5 nitrogen and oxygen atoms in total. The number of carboxylic acids is 1. The topological polar surface area (TPSA) is 70.0 Å². The number of aliphatic carboxylic acids is 1. The van der Waals surface area contributed by atoms with Crippen LogP contribution in [0.4, 0.5) is 5.69 Å². The van der Waals surface area contributed by atoms with Crippen LogP contribution in [0.15, 0.2) is 48.5 Å². The van der Waals surface area contributed by atoms with E-state index in [-0.39, 0.29) is 10.8 Å². The zero-order chi connectivity index (χ0) is 17.0. The Morgan fingerprint density at radius 3 is 2.17 bits per heavy atom. The van der Waals surface area contributed by atoms with Gasteiger partial charge in [0.2, 0.25) is 0 Å². The molecule has 0 aliphatic rings. The van der Waals surface area contributed by atoms with Gasteiger partial charge >= 0.3 is 5.97 Å². The van der Waals surface area contributed by atoms with Gasteiger partial charge in [-0.1, -0.05) is 47.5 Å². The van der Waals surface area contributed by atoms with Crippen LogP contribution >= 0.6 is 23.2 Å². The van der Waals surface area contributed by atoms with Gasteiger partial charge in [-0.05, 0) is 31.2 Å². The van der Waals surface area contributed by atoms with Crippen LogP contribution < -0.4 is 9.90 Å². The summed E-state index contributed by atoms with van der Waals surface area (Å²) in [6, 6.07) is 11.8. The Labute approximate surface area is 143 Å². The quantitative estimate of drug-likeness (QED) is 0.774. The Kier molecular flexibility index (Phi) is 5.71. The molecule has 122 valence electrons. The lowest BCUT2D eigenvalue weighted by Gasteiger charge is -2.32. The van der Waals surface area contributed by atoms with Crippen molar-refractivity contribution in [3.63, 3.8) is 0 Å². The van der Waals surface area contributed by atoms with E-state index in [1.165, 1.54) is 6.92 Å². The van der Waals surface area contributed by atoms with E-state index in [4.69, 9.17) is 28.0 Å². The number of carboxylic acid groups (broad SMARTS) is 1. The van der Waals surface area contributed by atoms with Crippen molar-refractivity contribution in [2.75, 3.05) is 5.06 Å². The van der Waals surface area contributed by atoms with Crippen molar-refractivity contribution >= 4 is 34.9 Å². The van der Waals surface area contributed by atoms with Crippen LogP contribution in [0.2, 0.25) is 10.0 Å². The van der Waals surface area contributed by atoms with E-state index in [0.717, 1.165) is 5.06 Å². The molecule has 0 fully saturated rings. The van der Waals surface area contributed by atoms with Crippen LogP contribution in [0.25, 0.3) is 0 Å². The highest BCUT2D eigenvalue weighted by Gasteiger charge is 2.34. The van der Waals surface area contributed by atoms with Gasteiger partial charge in [0.15, 0.2) is 11.8 Å². The first-order valence-electron chi connectivity index (χ1n) is 6.79. The van der Waals surface area contributed by atoms with Gasteiger partial charge in [0.25, 0.3) is 0 Å². The second-order valence-electron chi connectivity index (χ2n) is 4.82. The van der Waals surface area contributed by atoms with Gasteiger partial charge in [-0.15, -0.1) is 0 Å². The van der Waals surface area contributed by atoms with Crippen molar-refractivity contribution in [3.05, 3.63) is 58.6 Å². The van der Waals surface area contributed by atoms with Crippen LogP contribution in [0.1, 0.15) is 6.92 Å². The fraction of sp³-hybridized carbons (Fsp3) is 0.188. The lowest BCUT2D eigenvalue weighted by Crippen LogP contribution is -2.50. The van der Waals surface area contributed by atoms with Crippen LogP contribution in [0.3, 0.4) is 0 Å². The van der Waals surface area contributed by atoms with Crippen molar-refractivity contribution in [2.45, 2.75) is 19.1 Å². The minimum Gasteiger partial charge on any atom is -0.480 e. The molecule has 2 atom stereocenters. The van der Waals surface area contributed by atoms with E-state index in [1.54, 1.807) is 48.5 Å². The molecule has 0 aliphatic carbocycles.